The lowest BCUT2D eigenvalue weighted by molar-refractivity contribution is -0.138. The van der Waals surface area contributed by atoms with Crippen LogP contribution < -0.4 is 0 Å². The summed E-state index contributed by atoms with van der Waals surface area (Å²) >= 11 is 0. The molecule has 0 N–H and O–H groups in total. The van der Waals surface area contributed by atoms with Crippen LogP contribution in [-0.2, 0) is 11.2 Å². The Bertz CT molecular complexity index is 1300. The van der Waals surface area contributed by atoms with Gasteiger partial charge in [0.1, 0.15) is 5.82 Å². The summed E-state index contributed by atoms with van der Waals surface area (Å²) in [6.07, 6.45) is 6.86. The summed E-state index contributed by atoms with van der Waals surface area (Å²) in [5.41, 5.74) is 2.55. The zero-order valence-electron chi connectivity index (χ0n) is 20.9. The van der Waals surface area contributed by atoms with Crippen LogP contribution in [0.5, 0.6) is 0 Å². The van der Waals surface area contributed by atoms with E-state index in [1.165, 1.54) is 18.2 Å². The fraction of sp³-hybridized carbons (Fsp3) is 0.517. The summed E-state index contributed by atoms with van der Waals surface area (Å²) in [4.78, 5) is 17.8. The molecule has 2 aliphatic heterocycles. The maximum Gasteiger partial charge on any atom is 0.226 e. The number of amides is 1. The second-order valence-electron chi connectivity index (χ2n) is 10.8. The molecular formula is C29H32F3N3O2. The highest BCUT2D eigenvalue weighted by Gasteiger charge is 2.37. The summed E-state index contributed by atoms with van der Waals surface area (Å²) in [6.45, 7) is 2.95. The second-order valence-corrected chi connectivity index (χ2v) is 10.8. The van der Waals surface area contributed by atoms with E-state index in [1.54, 1.807) is 12.1 Å². The van der Waals surface area contributed by atoms with Gasteiger partial charge in [0.2, 0.25) is 5.91 Å². The Labute approximate surface area is 214 Å². The standard InChI is InChI=1S/C29H32F3N3O2/c30-20-5-6-23-26(17-20)37-33-28(23)18-9-13-34(14-10-18)15-12-25-21-7-8-24(31)27(32)22(21)11-16-35(25)29(36)19-3-1-2-4-19/h5-8,17-19,25H,1-4,9-16H2. The molecule has 8 heteroatoms. The van der Waals surface area contributed by atoms with Crippen LogP contribution in [0.3, 0.4) is 0 Å². The Morgan fingerprint density at radius 3 is 2.57 bits per heavy atom. The Morgan fingerprint density at radius 1 is 1.00 bits per heavy atom. The number of hydrogen-bond acceptors (Lipinski definition) is 4. The zero-order valence-corrected chi connectivity index (χ0v) is 20.9. The molecule has 1 atom stereocenters. The van der Waals surface area contributed by atoms with Crippen molar-refractivity contribution < 1.29 is 22.5 Å². The summed E-state index contributed by atoms with van der Waals surface area (Å²) in [5, 5.41) is 5.11. The first-order valence-corrected chi connectivity index (χ1v) is 13.5. The number of nitrogens with zero attached hydrogens (tertiary/aromatic N) is 3. The number of aromatic nitrogens is 1. The van der Waals surface area contributed by atoms with Crippen LogP contribution in [0.4, 0.5) is 13.2 Å². The fourth-order valence-corrected chi connectivity index (χ4v) is 6.67. The van der Waals surface area contributed by atoms with Crippen LogP contribution in [0.1, 0.15) is 73.7 Å². The molecule has 6 rings (SSSR count). The van der Waals surface area contributed by atoms with Crippen molar-refractivity contribution in [2.24, 2.45) is 5.92 Å². The van der Waals surface area contributed by atoms with Crippen LogP contribution in [0, 0.1) is 23.4 Å². The van der Waals surface area contributed by atoms with Gasteiger partial charge in [-0.3, -0.25) is 4.79 Å². The molecule has 1 aliphatic carbocycles. The Kier molecular flexibility index (Phi) is 6.69. The first-order valence-electron chi connectivity index (χ1n) is 13.5. The average molecular weight is 512 g/mol. The summed E-state index contributed by atoms with van der Waals surface area (Å²) in [7, 11) is 0. The summed E-state index contributed by atoms with van der Waals surface area (Å²) in [5.74, 6) is -1.45. The Hall–Kier alpha value is -2.87. The lowest BCUT2D eigenvalue weighted by Crippen LogP contribution is -2.44. The lowest BCUT2D eigenvalue weighted by Gasteiger charge is -2.40. The molecule has 1 aromatic heterocycles. The molecule has 2 fully saturated rings. The van der Waals surface area contributed by atoms with Crippen LogP contribution in [-0.4, -0.2) is 47.0 Å². The largest absolute Gasteiger partial charge is 0.356 e. The van der Waals surface area contributed by atoms with Gasteiger partial charge in [0, 0.05) is 36.4 Å². The lowest BCUT2D eigenvalue weighted by atomic mass is 9.88. The minimum Gasteiger partial charge on any atom is -0.356 e. The average Bonchev–Trinajstić information content (AvgIpc) is 3.60. The number of carbonyl (C=O) groups excluding carboxylic acids is 1. The quantitative estimate of drug-likeness (QED) is 0.414. The van der Waals surface area contributed by atoms with E-state index >= 15 is 0 Å². The maximum absolute atomic E-state index is 14.7. The van der Waals surface area contributed by atoms with Gasteiger partial charge in [-0.25, -0.2) is 13.2 Å². The molecule has 1 saturated carbocycles. The molecule has 37 heavy (non-hydrogen) atoms. The molecule has 5 nitrogen and oxygen atoms in total. The Balaban J connectivity index is 1.15. The summed E-state index contributed by atoms with van der Waals surface area (Å²) < 4.78 is 47.5. The van der Waals surface area contributed by atoms with Crippen molar-refractivity contribution >= 4 is 16.9 Å². The highest BCUT2D eigenvalue weighted by atomic mass is 19.2. The van der Waals surface area contributed by atoms with E-state index in [1.807, 2.05) is 4.90 Å². The van der Waals surface area contributed by atoms with Crippen molar-refractivity contribution in [3.8, 4) is 0 Å². The third-order valence-electron chi connectivity index (χ3n) is 8.71. The van der Waals surface area contributed by atoms with Crippen molar-refractivity contribution in [3.05, 3.63) is 64.6 Å². The van der Waals surface area contributed by atoms with Crippen molar-refractivity contribution in [2.45, 2.75) is 63.3 Å². The van der Waals surface area contributed by atoms with Crippen molar-refractivity contribution in [3.63, 3.8) is 0 Å². The maximum atomic E-state index is 14.7. The van der Waals surface area contributed by atoms with E-state index in [0.717, 1.165) is 74.8 Å². The molecule has 1 unspecified atom stereocenters. The fourth-order valence-electron chi connectivity index (χ4n) is 6.67. The zero-order chi connectivity index (χ0) is 25.5. The third kappa shape index (κ3) is 4.65. The number of halogens is 3. The highest BCUT2D eigenvalue weighted by Crippen LogP contribution is 2.38. The first-order chi connectivity index (χ1) is 18.0. The van der Waals surface area contributed by atoms with Gasteiger partial charge in [-0.2, -0.15) is 0 Å². The molecule has 0 bridgehead atoms. The van der Waals surface area contributed by atoms with Gasteiger partial charge in [0.05, 0.1) is 11.7 Å². The minimum absolute atomic E-state index is 0.0517. The third-order valence-corrected chi connectivity index (χ3v) is 8.71. The predicted molar refractivity (Wildman–Crippen MR) is 133 cm³/mol. The van der Waals surface area contributed by atoms with Gasteiger partial charge in [-0.1, -0.05) is 24.1 Å². The number of benzene rings is 2. The van der Waals surface area contributed by atoms with Crippen LogP contribution in [0.15, 0.2) is 34.9 Å². The number of hydrogen-bond donors (Lipinski definition) is 0. The van der Waals surface area contributed by atoms with E-state index in [-0.39, 0.29) is 29.6 Å². The van der Waals surface area contributed by atoms with Crippen molar-refractivity contribution in [1.82, 2.24) is 15.0 Å². The molecule has 0 radical (unpaired) electrons. The summed E-state index contributed by atoms with van der Waals surface area (Å²) in [6, 6.07) is 7.19. The van der Waals surface area contributed by atoms with Gasteiger partial charge in [-0.15, -0.1) is 0 Å². The van der Waals surface area contributed by atoms with Gasteiger partial charge in [0.25, 0.3) is 0 Å². The minimum atomic E-state index is -0.821. The molecule has 3 heterocycles. The number of likely N-dealkylation sites (tertiary alicyclic amines) is 1. The smallest absolute Gasteiger partial charge is 0.226 e. The number of rotatable bonds is 5. The topological polar surface area (TPSA) is 49.6 Å². The molecule has 196 valence electrons. The Morgan fingerprint density at radius 2 is 1.78 bits per heavy atom. The number of piperidine rings is 1. The van der Waals surface area contributed by atoms with E-state index in [4.69, 9.17) is 4.52 Å². The van der Waals surface area contributed by atoms with E-state index in [0.29, 0.717) is 30.5 Å². The molecule has 3 aromatic rings. The van der Waals surface area contributed by atoms with Crippen molar-refractivity contribution in [2.75, 3.05) is 26.2 Å². The highest BCUT2D eigenvalue weighted by molar-refractivity contribution is 5.80. The van der Waals surface area contributed by atoms with Crippen LogP contribution >= 0.6 is 0 Å². The van der Waals surface area contributed by atoms with E-state index in [2.05, 4.69) is 10.1 Å². The van der Waals surface area contributed by atoms with Crippen molar-refractivity contribution in [1.29, 1.82) is 0 Å². The molecule has 0 spiro atoms. The number of fused-ring (bicyclic) bond motifs is 2. The van der Waals surface area contributed by atoms with Crippen LogP contribution in [0.25, 0.3) is 11.0 Å². The van der Waals surface area contributed by atoms with Gasteiger partial charge < -0.3 is 14.3 Å². The predicted octanol–water partition coefficient (Wildman–Crippen LogP) is 6.13. The van der Waals surface area contributed by atoms with E-state index < -0.39 is 11.6 Å². The molecule has 1 amide bonds. The normalized spacial score (nSPS) is 21.6. The first kappa shape index (κ1) is 24.5. The van der Waals surface area contributed by atoms with Gasteiger partial charge in [-0.05, 0) is 80.9 Å². The van der Waals surface area contributed by atoms with Gasteiger partial charge in [0.15, 0.2) is 17.2 Å². The van der Waals surface area contributed by atoms with Crippen LogP contribution in [0.2, 0.25) is 0 Å². The number of carbonyl (C=O) groups is 1. The SMILES string of the molecule is O=C(C1CCCC1)N1CCc2c(ccc(F)c2F)C1CCN1CCC(c2noc3cc(F)ccc23)CC1. The molecule has 1 saturated heterocycles. The molecule has 2 aromatic carbocycles. The second kappa shape index (κ2) is 10.1. The van der Waals surface area contributed by atoms with Gasteiger partial charge >= 0.3 is 0 Å². The monoisotopic (exact) mass is 511 g/mol. The molecular weight excluding hydrogens is 479 g/mol. The van der Waals surface area contributed by atoms with E-state index in [9.17, 15) is 18.0 Å². The molecule has 3 aliphatic rings.